The summed E-state index contributed by atoms with van der Waals surface area (Å²) in [6.45, 7) is 2.42. The molecule has 4 aromatic rings. The molecule has 0 radical (unpaired) electrons. The van der Waals surface area contributed by atoms with Gasteiger partial charge in [0.15, 0.2) is 0 Å². The van der Waals surface area contributed by atoms with Crippen molar-refractivity contribution >= 4 is 38.9 Å². The van der Waals surface area contributed by atoms with Gasteiger partial charge >= 0.3 is 0 Å². The molecule has 0 saturated heterocycles. The van der Waals surface area contributed by atoms with Crippen molar-refractivity contribution < 1.29 is 13.6 Å². The van der Waals surface area contributed by atoms with E-state index in [9.17, 15) is 18.8 Å². The van der Waals surface area contributed by atoms with Crippen molar-refractivity contribution in [3.8, 4) is 17.2 Å². The van der Waals surface area contributed by atoms with Crippen molar-refractivity contribution in [2.45, 2.75) is 57.7 Å². The smallest absolute Gasteiger partial charge is 0.266 e. The molecule has 1 amide bonds. The van der Waals surface area contributed by atoms with Crippen LogP contribution in [0.25, 0.3) is 21.2 Å². The number of nitrogens with one attached hydrogen (secondary N) is 1. The quantitative estimate of drug-likeness (QED) is 0.241. The zero-order valence-corrected chi connectivity index (χ0v) is 24.0. The van der Waals surface area contributed by atoms with Crippen LogP contribution in [0.1, 0.15) is 59.0 Å². The summed E-state index contributed by atoms with van der Waals surface area (Å²) >= 11 is 7.49. The molecule has 206 valence electrons. The Bertz CT molecular complexity index is 1600. The van der Waals surface area contributed by atoms with Gasteiger partial charge in [0.05, 0.1) is 26.7 Å². The molecular weight excluding hydrogens is 548 g/mol. The fraction of sp³-hybridized carbons (Fsp3) is 0.312. The Morgan fingerprint density at radius 2 is 1.77 bits per heavy atom. The van der Waals surface area contributed by atoms with Crippen molar-refractivity contribution in [3.05, 3.63) is 92.8 Å². The van der Waals surface area contributed by atoms with E-state index in [0.29, 0.717) is 18.2 Å². The van der Waals surface area contributed by atoms with Gasteiger partial charge < -0.3 is 10.2 Å². The lowest BCUT2D eigenvalue weighted by Crippen LogP contribution is -2.44. The average Bonchev–Trinajstić information content (AvgIpc) is 3.35. The Morgan fingerprint density at radius 1 is 1.05 bits per heavy atom. The van der Waals surface area contributed by atoms with E-state index >= 15 is 0 Å². The molecule has 0 bridgehead atoms. The van der Waals surface area contributed by atoms with Gasteiger partial charge in [-0.05, 0) is 91.7 Å². The van der Waals surface area contributed by atoms with Gasteiger partial charge in [0.1, 0.15) is 16.5 Å². The molecule has 1 aliphatic carbocycles. The van der Waals surface area contributed by atoms with Crippen molar-refractivity contribution in [1.82, 2.24) is 10.2 Å². The summed E-state index contributed by atoms with van der Waals surface area (Å²) in [4.78, 5) is 16.2. The molecule has 3 aromatic carbocycles. The zero-order chi connectivity index (χ0) is 28.4. The fourth-order valence-electron chi connectivity index (χ4n) is 5.66. The van der Waals surface area contributed by atoms with Gasteiger partial charge in [0, 0.05) is 18.6 Å². The van der Waals surface area contributed by atoms with Crippen molar-refractivity contribution in [2.75, 3.05) is 7.05 Å². The van der Waals surface area contributed by atoms with Crippen LogP contribution in [0.4, 0.5) is 8.78 Å². The second-order valence-electron chi connectivity index (χ2n) is 10.2. The van der Waals surface area contributed by atoms with E-state index in [2.05, 4.69) is 30.4 Å². The molecule has 8 heteroatoms. The molecule has 1 N–H and O–H groups in total. The maximum atomic E-state index is 14.7. The standard InChI is InChI=1S/C32H30ClF2N3OS/c1-3-20-7-8-22(21-6-4-5-19(15-21)17-36)16-23(20)18-38(25-11-9-24(37-2)10-12-25)32(39)31-29(33)28-26(34)13-14-27(35)30(28)40-31/h4-8,13-16,24-25,37H,3,9-12,18H2,1-2H3. The number of halogens is 3. The maximum absolute atomic E-state index is 14.7. The molecule has 0 aliphatic heterocycles. The number of aryl methyl sites for hydroxylation is 1. The highest BCUT2D eigenvalue weighted by Crippen LogP contribution is 2.40. The van der Waals surface area contributed by atoms with Gasteiger partial charge in [-0.15, -0.1) is 11.3 Å². The van der Waals surface area contributed by atoms with Crippen molar-refractivity contribution in [2.24, 2.45) is 0 Å². The van der Waals surface area contributed by atoms with E-state index in [-0.39, 0.29) is 31.9 Å². The number of amides is 1. The Balaban J connectivity index is 1.56. The Kier molecular flexibility index (Phi) is 8.51. The highest BCUT2D eigenvalue weighted by atomic mass is 35.5. The van der Waals surface area contributed by atoms with Gasteiger partial charge in [-0.2, -0.15) is 5.26 Å². The van der Waals surface area contributed by atoms with E-state index in [1.165, 1.54) is 0 Å². The summed E-state index contributed by atoms with van der Waals surface area (Å²) in [7, 11) is 1.95. The molecule has 1 aromatic heterocycles. The van der Waals surface area contributed by atoms with Crippen molar-refractivity contribution in [1.29, 1.82) is 5.26 Å². The summed E-state index contributed by atoms with van der Waals surface area (Å²) < 4.78 is 29.3. The number of benzene rings is 3. The second kappa shape index (κ2) is 12.1. The minimum Gasteiger partial charge on any atom is -0.331 e. The van der Waals surface area contributed by atoms with Crippen LogP contribution in [0.3, 0.4) is 0 Å². The van der Waals surface area contributed by atoms with E-state index < -0.39 is 11.6 Å². The Morgan fingerprint density at radius 3 is 2.45 bits per heavy atom. The molecule has 1 saturated carbocycles. The molecule has 0 spiro atoms. The molecule has 4 nitrogen and oxygen atoms in total. The Hall–Kier alpha value is -3.31. The normalized spacial score (nSPS) is 17.1. The first kappa shape index (κ1) is 28.2. The van der Waals surface area contributed by atoms with Crippen LogP contribution in [0.5, 0.6) is 0 Å². The molecule has 0 unspecified atom stereocenters. The molecule has 40 heavy (non-hydrogen) atoms. The second-order valence-corrected chi connectivity index (χ2v) is 11.6. The number of carbonyl (C=O) groups is 1. The summed E-state index contributed by atoms with van der Waals surface area (Å²) in [5.41, 5.74) is 4.58. The van der Waals surface area contributed by atoms with Crippen LogP contribution in [-0.4, -0.2) is 29.9 Å². The number of hydrogen-bond donors (Lipinski definition) is 1. The van der Waals surface area contributed by atoms with E-state index in [4.69, 9.17) is 11.6 Å². The van der Waals surface area contributed by atoms with Gasteiger partial charge in [-0.25, -0.2) is 8.78 Å². The number of thiophene rings is 1. The predicted molar refractivity (Wildman–Crippen MR) is 158 cm³/mol. The van der Waals surface area contributed by atoms with E-state index in [1.54, 1.807) is 6.07 Å². The van der Waals surface area contributed by atoms with Crippen LogP contribution < -0.4 is 5.32 Å². The lowest BCUT2D eigenvalue weighted by molar-refractivity contribution is 0.0606. The third kappa shape index (κ3) is 5.49. The molecule has 1 heterocycles. The lowest BCUT2D eigenvalue weighted by Gasteiger charge is -2.37. The number of nitriles is 1. The number of hydrogen-bond acceptors (Lipinski definition) is 4. The molecule has 0 atom stereocenters. The highest BCUT2D eigenvalue weighted by molar-refractivity contribution is 7.21. The number of nitrogens with zero attached hydrogens (tertiary/aromatic N) is 2. The monoisotopic (exact) mass is 577 g/mol. The van der Waals surface area contributed by atoms with Gasteiger partial charge in [0.2, 0.25) is 0 Å². The van der Waals surface area contributed by atoms with Crippen LogP contribution in [0, 0.1) is 23.0 Å². The fourth-order valence-corrected chi connectivity index (χ4v) is 7.16. The van der Waals surface area contributed by atoms with Gasteiger partial charge in [0.25, 0.3) is 5.91 Å². The third-order valence-corrected chi connectivity index (χ3v) is 9.61. The summed E-state index contributed by atoms with van der Waals surface area (Å²) in [6.07, 6.45) is 4.26. The minimum atomic E-state index is -0.640. The summed E-state index contributed by atoms with van der Waals surface area (Å²) in [5, 5.41) is 12.6. The molecule has 5 rings (SSSR count). The lowest BCUT2D eigenvalue weighted by atomic mass is 9.89. The van der Waals surface area contributed by atoms with E-state index in [1.807, 2.05) is 36.2 Å². The van der Waals surface area contributed by atoms with E-state index in [0.717, 1.165) is 77.8 Å². The Labute approximate surface area is 242 Å². The highest BCUT2D eigenvalue weighted by Gasteiger charge is 2.33. The van der Waals surface area contributed by atoms with Gasteiger partial charge in [-0.1, -0.05) is 42.8 Å². The minimum absolute atomic E-state index is 0.0336. The SMILES string of the molecule is CCc1ccc(-c2cccc(C#N)c2)cc1CN(C(=O)c1sc2c(F)ccc(F)c2c1Cl)C1CCC(NC)CC1. The molecule has 1 fully saturated rings. The summed E-state index contributed by atoms with van der Waals surface area (Å²) in [5.74, 6) is -1.54. The third-order valence-electron chi connectivity index (χ3n) is 7.94. The van der Waals surface area contributed by atoms with Crippen LogP contribution in [0.15, 0.2) is 54.6 Å². The zero-order valence-electron chi connectivity index (χ0n) is 22.4. The largest absolute Gasteiger partial charge is 0.331 e. The van der Waals surface area contributed by atoms with Crippen LogP contribution in [0.2, 0.25) is 5.02 Å². The topological polar surface area (TPSA) is 56.1 Å². The number of carbonyl (C=O) groups excluding carboxylic acids is 1. The number of rotatable bonds is 7. The van der Waals surface area contributed by atoms with Crippen LogP contribution >= 0.6 is 22.9 Å². The maximum Gasteiger partial charge on any atom is 0.266 e. The van der Waals surface area contributed by atoms with Crippen molar-refractivity contribution in [3.63, 3.8) is 0 Å². The van der Waals surface area contributed by atoms with Crippen LogP contribution in [-0.2, 0) is 13.0 Å². The predicted octanol–water partition coefficient (Wildman–Crippen LogP) is 8.11. The first-order chi connectivity index (χ1) is 19.3. The number of fused-ring (bicyclic) bond motifs is 1. The average molecular weight is 578 g/mol. The van der Waals surface area contributed by atoms with Gasteiger partial charge in [-0.3, -0.25) is 4.79 Å². The first-order valence-corrected chi connectivity index (χ1v) is 14.7. The molecule has 1 aliphatic rings. The molecular formula is C32H30ClF2N3OS. The first-order valence-electron chi connectivity index (χ1n) is 13.5. The summed E-state index contributed by atoms with van der Waals surface area (Å²) in [6, 6.07) is 18.3.